The van der Waals surface area contributed by atoms with Crippen LogP contribution in [0.1, 0.15) is 39.5 Å². The van der Waals surface area contributed by atoms with Crippen LogP contribution in [0.5, 0.6) is 0 Å². The molecule has 1 aliphatic carbocycles. The minimum Gasteiger partial charge on any atom is -0.0877 e. The van der Waals surface area contributed by atoms with Gasteiger partial charge in [-0.15, -0.1) is 0 Å². The Hall–Kier alpha value is -0.520. The number of allylic oxidation sites excluding steroid dienone is 4. The molecule has 1 rings (SSSR count). The average molecular weight is 150 g/mol. The van der Waals surface area contributed by atoms with Crippen LogP contribution < -0.4 is 0 Å². The summed E-state index contributed by atoms with van der Waals surface area (Å²) in [6.45, 7) is 4.42. The van der Waals surface area contributed by atoms with Gasteiger partial charge in [-0.25, -0.2) is 0 Å². The van der Waals surface area contributed by atoms with Crippen LogP contribution in [-0.4, -0.2) is 0 Å². The van der Waals surface area contributed by atoms with E-state index in [1.54, 1.807) is 5.57 Å². The summed E-state index contributed by atoms with van der Waals surface area (Å²) in [6, 6.07) is 0. The smallest absolute Gasteiger partial charge is 0.0229 e. The molecule has 0 heteroatoms. The maximum absolute atomic E-state index is 2.34. The Morgan fingerprint density at radius 3 is 2.82 bits per heavy atom. The highest BCUT2D eigenvalue weighted by molar-refractivity contribution is 5.15. The molecule has 0 aromatic carbocycles. The van der Waals surface area contributed by atoms with Crippen LogP contribution in [0.15, 0.2) is 23.8 Å². The van der Waals surface area contributed by atoms with Gasteiger partial charge < -0.3 is 0 Å². The standard InChI is InChI=1S/C11H18/c1-3-4-8-11-9-6-5-7-10(11)2/h3-4,8,10H,5-7,9H2,1-2H3/b4-3+,11-8+. The van der Waals surface area contributed by atoms with Crippen molar-refractivity contribution >= 4 is 0 Å². The van der Waals surface area contributed by atoms with Crippen molar-refractivity contribution in [2.45, 2.75) is 39.5 Å². The lowest BCUT2D eigenvalue weighted by atomic mass is 9.85. The van der Waals surface area contributed by atoms with Crippen LogP contribution in [0.3, 0.4) is 0 Å². The average Bonchev–Trinajstić information content (AvgIpc) is 2.03. The van der Waals surface area contributed by atoms with E-state index in [9.17, 15) is 0 Å². The van der Waals surface area contributed by atoms with Crippen molar-refractivity contribution < 1.29 is 0 Å². The van der Waals surface area contributed by atoms with Gasteiger partial charge in [0.25, 0.3) is 0 Å². The zero-order valence-corrected chi connectivity index (χ0v) is 7.64. The molecule has 1 unspecified atom stereocenters. The van der Waals surface area contributed by atoms with Gasteiger partial charge in [-0.05, 0) is 32.1 Å². The summed E-state index contributed by atoms with van der Waals surface area (Å²) in [6.07, 6.45) is 12.1. The molecular weight excluding hydrogens is 132 g/mol. The monoisotopic (exact) mass is 150 g/mol. The van der Waals surface area contributed by atoms with Gasteiger partial charge in [0.1, 0.15) is 0 Å². The molecule has 0 radical (unpaired) electrons. The van der Waals surface area contributed by atoms with Gasteiger partial charge in [-0.2, -0.15) is 0 Å². The normalized spacial score (nSPS) is 30.0. The van der Waals surface area contributed by atoms with Gasteiger partial charge in [0.05, 0.1) is 0 Å². The van der Waals surface area contributed by atoms with E-state index < -0.39 is 0 Å². The molecule has 0 nitrogen and oxygen atoms in total. The summed E-state index contributed by atoms with van der Waals surface area (Å²) in [5, 5.41) is 0. The lowest BCUT2D eigenvalue weighted by molar-refractivity contribution is 0.484. The molecule has 1 saturated carbocycles. The summed E-state index contributed by atoms with van der Waals surface area (Å²) in [4.78, 5) is 0. The van der Waals surface area contributed by atoms with Gasteiger partial charge >= 0.3 is 0 Å². The maximum atomic E-state index is 2.34. The van der Waals surface area contributed by atoms with Crippen molar-refractivity contribution in [3.63, 3.8) is 0 Å². The van der Waals surface area contributed by atoms with E-state index in [2.05, 4.69) is 32.1 Å². The SMILES string of the molecule is C/C=C/C=C1\CCCCC1C. The Morgan fingerprint density at radius 1 is 1.36 bits per heavy atom. The molecule has 1 atom stereocenters. The first kappa shape index (κ1) is 8.58. The minimum atomic E-state index is 0.833. The van der Waals surface area contributed by atoms with Crippen molar-refractivity contribution in [3.05, 3.63) is 23.8 Å². The predicted molar refractivity (Wildman–Crippen MR) is 50.5 cm³/mol. The third-order valence-corrected chi connectivity index (χ3v) is 2.49. The minimum absolute atomic E-state index is 0.833. The molecule has 0 heterocycles. The Morgan fingerprint density at radius 2 is 2.18 bits per heavy atom. The molecule has 0 aromatic rings. The van der Waals surface area contributed by atoms with Gasteiger partial charge in [-0.1, -0.05) is 37.1 Å². The summed E-state index contributed by atoms with van der Waals surface area (Å²) in [7, 11) is 0. The van der Waals surface area contributed by atoms with Crippen LogP contribution >= 0.6 is 0 Å². The second-order valence-electron chi connectivity index (χ2n) is 3.41. The zero-order chi connectivity index (χ0) is 8.10. The molecule has 0 aliphatic heterocycles. The van der Waals surface area contributed by atoms with Crippen LogP contribution in [0, 0.1) is 5.92 Å². The lowest BCUT2D eigenvalue weighted by Crippen LogP contribution is -2.05. The topological polar surface area (TPSA) is 0 Å². The molecule has 0 spiro atoms. The Labute approximate surface area is 70.0 Å². The van der Waals surface area contributed by atoms with Gasteiger partial charge in [-0.3, -0.25) is 0 Å². The molecule has 62 valence electrons. The quantitative estimate of drug-likeness (QED) is 0.534. The summed E-state index contributed by atoms with van der Waals surface area (Å²) >= 11 is 0. The second kappa shape index (κ2) is 4.38. The summed E-state index contributed by atoms with van der Waals surface area (Å²) in [5.74, 6) is 0.833. The Balaban J connectivity index is 2.53. The molecular formula is C11H18. The van der Waals surface area contributed by atoms with E-state index in [0.717, 1.165) is 5.92 Å². The highest BCUT2D eigenvalue weighted by Crippen LogP contribution is 2.28. The van der Waals surface area contributed by atoms with E-state index in [-0.39, 0.29) is 0 Å². The van der Waals surface area contributed by atoms with Crippen LogP contribution in [-0.2, 0) is 0 Å². The third-order valence-electron chi connectivity index (χ3n) is 2.49. The van der Waals surface area contributed by atoms with E-state index >= 15 is 0 Å². The summed E-state index contributed by atoms with van der Waals surface area (Å²) in [5.41, 5.74) is 1.65. The number of hydrogen-bond acceptors (Lipinski definition) is 0. The van der Waals surface area contributed by atoms with Crippen molar-refractivity contribution in [1.29, 1.82) is 0 Å². The van der Waals surface area contributed by atoms with Crippen molar-refractivity contribution in [3.8, 4) is 0 Å². The first-order chi connectivity index (χ1) is 5.34. The Bertz CT molecular complexity index is 163. The van der Waals surface area contributed by atoms with Crippen LogP contribution in [0.25, 0.3) is 0 Å². The van der Waals surface area contributed by atoms with E-state index in [0.29, 0.717) is 0 Å². The maximum Gasteiger partial charge on any atom is -0.0229 e. The predicted octanol–water partition coefficient (Wildman–Crippen LogP) is 3.70. The van der Waals surface area contributed by atoms with Crippen molar-refractivity contribution in [2.75, 3.05) is 0 Å². The molecule has 1 fully saturated rings. The Kier molecular flexibility index (Phi) is 3.41. The lowest BCUT2D eigenvalue weighted by Gasteiger charge is -2.20. The largest absolute Gasteiger partial charge is 0.0877 e. The van der Waals surface area contributed by atoms with Gasteiger partial charge in [0.2, 0.25) is 0 Å². The molecule has 11 heavy (non-hydrogen) atoms. The second-order valence-corrected chi connectivity index (χ2v) is 3.41. The molecule has 0 saturated heterocycles. The molecule has 0 N–H and O–H groups in total. The van der Waals surface area contributed by atoms with Gasteiger partial charge in [0.15, 0.2) is 0 Å². The van der Waals surface area contributed by atoms with E-state index in [1.807, 2.05) is 0 Å². The number of rotatable bonds is 1. The molecule has 1 aliphatic rings. The molecule has 0 aromatic heterocycles. The van der Waals surface area contributed by atoms with E-state index in [4.69, 9.17) is 0 Å². The first-order valence-electron chi connectivity index (χ1n) is 4.66. The third kappa shape index (κ3) is 2.53. The summed E-state index contributed by atoms with van der Waals surface area (Å²) < 4.78 is 0. The fraction of sp³-hybridized carbons (Fsp3) is 0.636. The van der Waals surface area contributed by atoms with E-state index in [1.165, 1.54) is 25.7 Å². The molecule has 0 amide bonds. The zero-order valence-electron chi connectivity index (χ0n) is 7.64. The fourth-order valence-electron chi connectivity index (χ4n) is 1.68. The fourth-order valence-corrected chi connectivity index (χ4v) is 1.68. The van der Waals surface area contributed by atoms with Crippen LogP contribution in [0.2, 0.25) is 0 Å². The van der Waals surface area contributed by atoms with Crippen molar-refractivity contribution in [2.24, 2.45) is 5.92 Å². The first-order valence-corrected chi connectivity index (χ1v) is 4.66. The van der Waals surface area contributed by atoms with Crippen molar-refractivity contribution in [1.82, 2.24) is 0 Å². The molecule has 0 bridgehead atoms. The highest BCUT2D eigenvalue weighted by atomic mass is 14.2. The number of hydrogen-bond donors (Lipinski definition) is 0. The highest BCUT2D eigenvalue weighted by Gasteiger charge is 2.12. The van der Waals surface area contributed by atoms with Gasteiger partial charge in [0, 0.05) is 0 Å². The van der Waals surface area contributed by atoms with Crippen LogP contribution in [0.4, 0.5) is 0 Å².